The first-order chi connectivity index (χ1) is 15.5. The Morgan fingerprint density at radius 1 is 1.09 bits per heavy atom. The number of phenolic OH excluding ortho intramolecular Hbond substituents is 1. The van der Waals surface area contributed by atoms with Gasteiger partial charge in [0.15, 0.2) is 0 Å². The lowest BCUT2D eigenvalue weighted by molar-refractivity contribution is -0.128. The number of thioether (sulfide) groups is 1. The fourth-order valence-corrected chi connectivity index (χ4v) is 5.85. The number of halogens is 2. The number of nitrogens with zero attached hydrogens (tertiary/aromatic N) is 3. The Balaban J connectivity index is 1.56. The maximum absolute atomic E-state index is 13.4. The van der Waals surface area contributed by atoms with Crippen molar-refractivity contribution in [2.45, 2.75) is 11.9 Å². The van der Waals surface area contributed by atoms with Crippen LogP contribution in [-0.4, -0.2) is 31.4 Å². The van der Waals surface area contributed by atoms with Crippen LogP contribution in [0.15, 0.2) is 66.9 Å². The number of benzene rings is 2. The highest BCUT2D eigenvalue weighted by Gasteiger charge is 2.36. The van der Waals surface area contributed by atoms with Gasteiger partial charge in [0.05, 0.1) is 20.7 Å². The van der Waals surface area contributed by atoms with Gasteiger partial charge in [-0.1, -0.05) is 23.7 Å². The van der Waals surface area contributed by atoms with E-state index in [4.69, 9.17) is 16.7 Å². The largest absolute Gasteiger partial charge is 0.508 e. The first-order valence-corrected chi connectivity index (χ1v) is 12.0. The number of phenols is 1. The van der Waals surface area contributed by atoms with Crippen molar-refractivity contribution in [3.63, 3.8) is 0 Å². The summed E-state index contributed by atoms with van der Waals surface area (Å²) in [6.07, 6.45) is 1.90. The van der Waals surface area contributed by atoms with E-state index in [1.165, 1.54) is 23.5 Å². The molecule has 1 unspecified atom stereocenters. The van der Waals surface area contributed by atoms with Crippen LogP contribution in [0.25, 0.3) is 16.3 Å². The highest BCUT2D eigenvalue weighted by Crippen LogP contribution is 2.45. The van der Waals surface area contributed by atoms with Crippen LogP contribution in [0.2, 0.25) is 4.34 Å². The van der Waals surface area contributed by atoms with E-state index in [1.807, 2.05) is 35.4 Å². The molecule has 5 rings (SSSR count). The van der Waals surface area contributed by atoms with Crippen LogP contribution in [0, 0.1) is 5.82 Å². The van der Waals surface area contributed by atoms with Crippen LogP contribution >= 0.6 is 34.7 Å². The third-order valence-corrected chi connectivity index (χ3v) is 7.64. The second-order valence-corrected chi connectivity index (χ2v) is 10.1. The van der Waals surface area contributed by atoms with Crippen molar-refractivity contribution in [1.82, 2.24) is 14.7 Å². The molecule has 9 heteroatoms. The van der Waals surface area contributed by atoms with Crippen LogP contribution in [-0.2, 0) is 11.3 Å². The van der Waals surface area contributed by atoms with E-state index >= 15 is 0 Å². The number of hydrogen-bond donors (Lipinski definition) is 1. The molecule has 3 heterocycles. The molecule has 4 aromatic rings. The third kappa shape index (κ3) is 4.13. The van der Waals surface area contributed by atoms with Crippen LogP contribution in [0.1, 0.15) is 16.5 Å². The highest BCUT2D eigenvalue weighted by molar-refractivity contribution is 8.00. The fraction of sp³-hybridized carbons (Fsp3) is 0.130. The molecular weight excluding hydrogens is 469 g/mol. The minimum absolute atomic E-state index is 0.0396. The summed E-state index contributed by atoms with van der Waals surface area (Å²) < 4.78 is 15.8. The molecular formula is C23H17ClFN3O2S2. The van der Waals surface area contributed by atoms with Crippen LogP contribution in [0.5, 0.6) is 5.75 Å². The van der Waals surface area contributed by atoms with Gasteiger partial charge in [-0.15, -0.1) is 23.1 Å². The zero-order valence-electron chi connectivity index (χ0n) is 16.6. The Bertz CT molecular complexity index is 1270. The van der Waals surface area contributed by atoms with Crippen molar-refractivity contribution in [3.05, 3.63) is 88.1 Å². The molecule has 0 spiro atoms. The van der Waals surface area contributed by atoms with Gasteiger partial charge in [0, 0.05) is 18.3 Å². The van der Waals surface area contributed by atoms with Crippen LogP contribution in [0.3, 0.4) is 0 Å². The molecule has 1 N–H and O–H groups in total. The summed E-state index contributed by atoms with van der Waals surface area (Å²) in [7, 11) is 0. The standard InChI is InChI=1S/C23H17ClFN3O2S2/c24-20-10-9-19(32-20)22-18(12-28(26-22)16-5-3-15(25)4-6-16)23-27(21(30)13-31-23)11-14-1-7-17(29)8-2-14/h1-10,12,23,29H,11,13H2. The number of aromatic hydroxyl groups is 1. The fourth-order valence-electron chi connectivity index (χ4n) is 3.61. The van der Waals surface area contributed by atoms with Crippen molar-refractivity contribution in [2.75, 3.05) is 5.75 Å². The average Bonchev–Trinajstić information content (AvgIpc) is 3.49. The Hall–Kier alpha value is -2.81. The molecule has 0 bridgehead atoms. The van der Waals surface area contributed by atoms with Gasteiger partial charge in [-0.05, 0) is 54.1 Å². The molecule has 2 aromatic carbocycles. The van der Waals surface area contributed by atoms with E-state index < -0.39 is 0 Å². The Labute approximate surface area is 197 Å². The van der Waals surface area contributed by atoms with E-state index in [2.05, 4.69) is 0 Å². The smallest absolute Gasteiger partial charge is 0.234 e. The second-order valence-electron chi connectivity index (χ2n) is 7.31. The van der Waals surface area contributed by atoms with Gasteiger partial charge in [0.25, 0.3) is 0 Å². The summed E-state index contributed by atoms with van der Waals surface area (Å²) in [5.41, 5.74) is 3.29. The molecule has 1 aliphatic heterocycles. The van der Waals surface area contributed by atoms with Gasteiger partial charge in [-0.25, -0.2) is 9.07 Å². The summed E-state index contributed by atoms with van der Waals surface area (Å²) in [5.74, 6) is 0.279. The zero-order chi connectivity index (χ0) is 22.2. The third-order valence-electron chi connectivity index (χ3n) is 5.16. The molecule has 1 amide bonds. The van der Waals surface area contributed by atoms with Gasteiger partial charge < -0.3 is 10.0 Å². The predicted octanol–water partition coefficient (Wildman–Crippen LogP) is 5.87. The number of aromatic nitrogens is 2. The molecule has 0 radical (unpaired) electrons. The number of carbonyl (C=O) groups is 1. The zero-order valence-corrected chi connectivity index (χ0v) is 19.0. The molecule has 2 aromatic heterocycles. The van der Waals surface area contributed by atoms with E-state index in [-0.39, 0.29) is 22.8 Å². The van der Waals surface area contributed by atoms with Gasteiger partial charge in [-0.3, -0.25) is 4.79 Å². The van der Waals surface area contributed by atoms with Crippen LogP contribution < -0.4 is 0 Å². The quantitative estimate of drug-likeness (QED) is 0.384. The number of hydrogen-bond acceptors (Lipinski definition) is 5. The van der Waals surface area contributed by atoms with Crippen molar-refractivity contribution in [1.29, 1.82) is 0 Å². The maximum atomic E-state index is 13.4. The van der Waals surface area contributed by atoms with Crippen molar-refractivity contribution in [2.24, 2.45) is 0 Å². The first kappa shape index (κ1) is 21.1. The van der Waals surface area contributed by atoms with Crippen molar-refractivity contribution >= 4 is 40.6 Å². The van der Waals surface area contributed by atoms with Crippen LogP contribution in [0.4, 0.5) is 4.39 Å². The second kappa shape index (κ2) is 8.61. The van der Waals surface area contributed by atoms with E-state index in [0.29, 0.717) is 16.6 Å². The normalized spacial score (nSPS) is 16.1. The monoisotopic (exact) mass is 485 g/mol. The molecule has 1 atom stereocenters. The number of thiophene rings is 1. The summed E-state index contributed by atoms with van der Waals surface area (Å²) in [4.78, 5) is 15.5. The molecule has 0 saturated carbocycles. The lowest BCUT2D eigenvalue weighted by Crippen LogP contribution is -2.27. The molecule has 162 valence electrons. The molecule has 1 fully saturated rings. The number of amides is 1. The summed E-state index contributed by atoms with van der Waals surface area (Å²) in [6.45, 7) is 0.420. The minimum Gasteiger partial charge on any atom is -0.508 e. The number of carbonyl (C=O) groups excluding carboxylic acids is 1. The highest BCUT2D eigenvalue weighted by atomic mass is 35.5. The van der Waals surface area contributed by atoms with Crippen molar-refractivity contribution in [3.8, 4) is 22.0 Å². The van der Waals surface area contributed by atoms with Crippen molar-refractivity contribution < 1.29 is 14.3 Å². The van der Waals surface area contributed by atoms with E-state index in [1.54, 1.807) is 40.7 Å². The van der Waals surface area contributed by atoms with Gasteiger partial charge in [0.2, 0.25) is 5.91 Å². The molecule has 32 heavy (non-hydrogen) atoms. The molecule has 0 aliphatic carbocycles. The van der Waals surface area contributed by atoms with Gasteiger partial charge in [-0.2, -0.15) is 5.10 Å². The summed E-state index contributed by atoms with van der Waals surface area (Å²) in [5, 5.41) is 14.1. The summed E-state index contributed by atoms with van der Waals surface area (Å²) in [6, 6.07) is 16.7. The Morgan fingerprint density at radius 3 is 2.53 bits per heavy atom. The molecule has 5 nitrogen and oxygen atoms in total. The van der Waals surface area contributed by atoms with E-state index in [0.717, 1.165) is 27.4 Å². The predicted molar refractivity (Wildman–Crippen MR) is 126 cm³/mol. The Morgan fingerprint density at radius 2 is 1.84 bits per heavy atom. The number of rotatable bonds is 5. The Kier molecular flexibility index (Phi) is 5.67. The summed E-state index contributed by atoms with van der Waals surface area (Å²) >= 11 is 9.16. The molecule has 1 saturated heterocycles. The maximum Gasteiger partial charge on any atom is 0.234 e. The van der Waals surface area contributed by atoms with Gasteiger partial charge in [0.1, 0.15) is 22.6 Å². The SMILES string of the molecule is O=C1CSC(c2cn(-c3ccc(F)cc3)nc2-c2ccc(Cl)s2)N1Cc1ccc(O)cc1. The lowest BCUT2D eigenvalue weighted by Gasteiger charge is -2.24. The lowest BCUT2D eigenvalue weighted by atomic mass is 10.1. The topological polar surface area (TPSA) is 58.4 Å². The molecule has 1 aliphatic rings. The first-order valence-electron chi connectivity index (χ1n) is 9.78. The van der Waals surface area contributed by atoms with Gasteiger partial charge >= 0.3 is 0 Å². The average molecular weight is 486 g/mol. The van der Waals surface area contributed by atoms with E-state index in [9.17, 15) is 14.3 Å². The minimum atomic E-state index is -0.316.